The molecule has 0 aliphatic carbocycles. The van der Waals surface area contributed by atoms with Crippen molar-refractivity contribution < 1.29 is 9.59 Å². The highest BCUT2D eigenvalue weighted by Gasteiger charge is 2.20. The van der Waals surface area contributed by atoms with E-state index in [2.05, 4.69) is 15.2 Å². The van der Waals surface area contributed by atoms with Crippen molar-refractivity contribution in [2.24, 2.45) is 0 Å². The van der Waals surface area contributed by atoms with Crippen molar-refractivity contribution in [1.29, 1.82) is 0 Å². The van der Waals surface area contributed by atoms with Crippen molar-refractivity contribution in [1.82, 2.24) is 14.8 Å². The molecule has 2 amide bonds. The molecule has 2 rings (SSSR count). The van der Waals surface area contributed by atoms with Crippen LogP contribution >= 0.6 is 11.3 Å². The molecule has 1 saturated heterocycles. The first-order valence-electron chi connectivity index (χ1n) is 6.67. The predicted molar refractivity (Wildman–Crippen MR) is 78.9 cm³/mol. The normalized spacial score (nSPS) is 16.2. The molecule has 1 aromatic rings. The Morgan fingerprint density at radius 2 is 1.90 bits per heavy atom. The highest BCUT2D eigenvalue weighted by Crippen LogP contribution is 2.20. The SMILES string of the molecule is CC(=O)N1CCN(CC(=O)Nc2nc(C)c(C)s2)CC1. The monoisotopic (exact) mass is 296 g/mol. The summed E-state index contributed by atoms with van der Waals surface area (Å²) in [4.78, 5) is 32.5. The Morgan fingerprint density at radius 1 is 1.25 bits per heavy atom. The van der Waals surface area contributed by atoms with E-state index in [1.54, 1.807) is 6.92 Å². The van der Waals surface area contributed by atoms with Gasteiger partial charge in [-0.3, -0.25) is 14.5 Å². The van der Waals surface area contributed by atoms with Gasteiger partial charge in [0.2, 0.25) is 11.8 Å². The maximum absolute atomic E-state index is 11.9. The number of piperazine rings is 1. The molecule has 0 bridgehead atoms. The average molecular weight is 296 g/mol. The third-order valence-electron chi connectivity index (χ3n) is 3.46. The van der Waals surface area contributed by atoms with E-state index < -0.39 is 0 Å². The summed E-state index contributed by atoms with van der Waals surface area (Å²) in [6, 6.07) is 0. The van der Waals surface area contributed by atoms with Gasteiger partial charge in [-0.2, -0.15) is 0 Å². The van der Waals surface area contributed by atoms with Crippen LogP contribution in [0.2, 0.25) is 0 Å². The largest absolute Gasteiger partial charge is 0.340 e. The van der Waals surface area contributed by atoms with E-state index in [1.165, 1.54) is 11.3 Å². The second-order valence-electron chi connectivity index (χ2n) is 4.99. The second-order valence-corrected chi connectivity index (χ2v) is 6.19. The number of nitrogens with zero attached hydrogens (tertiary/aromatic N) is 3. The van der Waals surface area contributed by atoms with Gasteiger partial charge in [0.15, 0.2) is 5.13 Å². The third kappa shape index (κ3) is 3.77. The van der Waals surface area contributed by atoms with Crippen LogP contribution in [-0.4, -0.2) is 59.3 Å². The lowest BCUT2D eigenvalue weighted by Crippen LogP contribution is -2.49. The van der Waals surface area contributed by atoms with E-state index in [0.717, 1.165) is 23.7 Å². The zero-order valence-corrected chi connectivity index (χ0v) is 12.9. The van der Waals surface area contributed by atoms with Gasteiger partial charge in [-0.15, -0.1) is 11.3 Å². The highest BCUT2D eigenvalue weighted by molar-refractivity contribution is 7.15. The van der Waals surface area contributed by atoms with E-state index in [1.807, 2.05) is 18.7 Å². The zero-order chi connectivity index (χ0) is 14.7. The van der Waals surface area contributed by atoms with Crippen molar-refractivity contribution in [3.05, 3.63) is 10.6 Å². The molecule has 7 heteroatoms. The molecule has 1 aliphatic rings. The number of anilines is 1. The average Bonchev–Trinajstić information content (AvgIpc) is 2.68. The molecular weight excluding hydrogens is 276 g/mol. The molecular formula is C13H20N4O2S. The number of nitrogens with one attached hydrogen (secondary N) is 1. The van der Waals surface area contributed by atoms with Gasteiger partial charge in [0.05, 0.1) is 12.2 Å². The Morgan fingerprint density at radius 3 is 2.40 bits per heavy atom. The van der Waals surface area contributed by atoms with Crippen molar-refractivity contribution in [2.45, 2.75) is 20.8 Å². The smallest absolute Gasteiger partial charge is 0.240 e. The van der Waals surface area contributed by atoms with Crippen LogP contribution in [0.15, 0.2) is 0 Å². The molecule has 0 saturated carbocycles. The molecule has 1 N–H and O–H groups in total. The molecule has 0 atom stereocenters. The summed E-state index contributed by atoms with van der Waals surface area (Å²) in [6.45, 7) is 8.72. The van der Waals surface area contributed by atoms with Gasteiger partial charge in [-0.05, 0) is 13.8 Å². The Hall–Kier alpha value is -1.47. The molecule has 0 spiro atoms. The Bertz CT molecular complexity index is 487. The van der Waals surface area contributed by atoms with E-state index in [-0.39, 0.29) is 11.8 Å². The molecule has 0 radical (unpaired) electrons. The Balaban J connectivity index is 1.79. The lowest BCUT2D eigenvalue weighted by Gasteiger charge is -2.33. The standard InChI is InChI=1S/C13H20N4O2S/c1-9-10(2)20-13(14-9)15-12(19)8-16-4-6-17(7-5-16)11(3)18/h4-8H2,1-3H3,(H,14,15,19). The first-order valence-corrected chi connectivity index (χ1v) is 7.49. The van der Waals surface area contributed by atoms with Crippen LogP contribution in [-0.2, 0) is 9.59 Å². The van der Waals surface area contributed by atoms with Gasteiger partial charge in [0.1, 0.15) is 0 Å². The van der Waals surface area contributed by atoms with Gasteiger partial charge in [0.25, 0.3) is 0 Å². The number of carbonyl (C=O) groups is 2. The van der Waals surface area contributed by atoms with Crippen LogP contribution in [0, 0.1) is 13.8 Å². The van der Waals surface area contributed by atoms with Gasteiger partial charge in [-0.1, -0.05) is 0 Å². The summed E-state index contributed by atoms with van der Waals surface area (Å²) in [6.07, 6.45) is 0. The summed E-state index contributed by atoms with van der Waals surface area (Å²) in [5.74, 6) is 0.0536. The quantitative estimate of drug-likeness (QED) is 0.898. The van der Waals surface area contributed by atoms with Crippen LogP contribution < -0.4 is 5.32 Å². The Kier molecular flexibility index (Phi) is 4.72. The minimum Gasteiger partial charge on any atom is -0.340 e. The topological polar surface area (TPSA) is 65.5 Å². The van der Waals surface area contributed by atoms with Gasteiger partial charge in [0, 0.05) is 38.0 Å². The third-order valence-corrected chi connectivity index (χ3v) is 4.45. The van der Waals surface area contributed by atoms with E-state index in [0.29, 0.717) is 24.8 Å². The molecule has 6 nitrogen and oxygen atoms in total. The fourth-order valence-corrected chi connectivity index (χ4v) is 2.94. The number of rotatable bonds is 3. The fourth-order valence-electron chi connectivity index (χ4n) is 2.11. The number of aryl methyl sites for hydroxylation is 2. The molecule has 2 heterocycles. The molecule has 1 aromatic heterocycles. The molecule has 20 heavy (non-hydrogen) atoms. The minimum absolute atomic E-state index is 0.0463. The van der Waals surface area contributed by atoms with Crippen molar-refractivity contribution in [2.75, 3.05) is 38.0 Å². The minimum atomic E-state index is -0.0463. The first-order chi connectivity index (χ1) is 9.45. The number of thiazole rings is 1. The van der Waals surface area contributed by atoms with Gasteiger partial charge >= 0.3 is 0 Å². The van der Waals surface area contributed by atoms with Crippen LogP contribution in [0.25, 0.3) is 0 Å². The number of amides is 2. The predicted octanol–water partition coefficient (Wildman–Crippen LogP) is 0.863. The lowest BCUT2D eigenvalue weighted by molar-refractivity contribution is -0.130. The molecule has 0 aromatic carbocycles. The van der Waals surface area contributed by atoms with Gasteiger partial charge < -0.3 is 10.2 Å². The molecule has 1 aliphatic heterocycles. The molecule has 0 unspecified atom stereocenters. The van der Waals surface area contributed by atoms with E-state index in [9.17, 15) is 9.59 Å². The van der Waals surface area contributed by atoms with E-state index >= 15 is 0 Å². The number of hydrogen-bond donors (Lipinski definition) is 1. The zero-order valence-electron chi connectivity index (χ0n) is 12.1. The second kappa shape index (κ2) is 6.32. The number of aromatic nitrogens is 1. The summed E-state index contributed by atoms with van der Waals surface area (Å²) >= 11 is 1.49. The molecule has 1 fully saturated rings. The van der Waals surface area contributed by atoms with E-state index in [4.69, 9.17) is 0 Å². The lowest BCUT2D eigenvalue weighted by atomic mass is 10.3. The van der Waals surface area contributed by atoms with Gasteiger partial charge in [-0.25, -0.2) is 4.98 Å². The van der Waals surface area contributed by atoms with Crippen LogP contribution in [0.5, 0.6) is 0 Å². The number of hydrogen-bond acceptors (Lipinski definition) is 5. The summed E-state index contributed by atoms with van der Waals surface area (Å²) < 4.78 is 0. The first kappa shape index (κ1) is 14.9. The number of carbonyl (C=O) groups excluding carboxylic acids is 2. The van der Waals surface area contributed by atoms with Crippen molar-refractivity contribution in [3.63, 3.8) is 0 Å². The summed E-state index contributed by atoms with van der Waals surface area (Å²) in [7, 11) is 0. The maximum atomic E-state index is 11.9. The van der Waals surface area contributed by atoms with Crippen LogP contribution in [0.4, 0.5) is 5.13 Å². The van der Waals surface area contributed by atoms with Crippen molar-refractivity contribution in [3.8, 4) is 0 Å². The van der Waals surface area contributed by atoms with Crippen LogP contribution in [0.1, 0.15) is 17.5 Å². The summed E-state index contributed by atoms with van der Waals surface area (Å²) in [5.41, 5.74) is 0.959. The Labute approximate surface area is 122 Å². The highest BCUT2D eigenvalue weighted by atomic mass is 32.1. The molecule has 110 valence electrons. The summed E-state index contributed by atoms with van der Waals surface area (Å²) in [5, 5.41) is 3.49. The van der Waals surface area contributed by atoms with Crippen molar-refractivity contribution >= 4 is 28.3 Å². The fraction of sp³-hybridized carbons (Fsp3) is 0.615. The van der Waals surface area contributed by atoms with Crippen LogP contribution in [0.3, 0.4) is 0 Å². The maximum Gasteiger partial charge on any atom is 0.240 e.